The van der Waals surface area contributed by atoms with Crippen LogP contribution in [0, 0.1) is 13.8 Å². The van der Waals surface area contributed by atoms with Crippen LogP contribution in [0.4, 0.5) is 0 Å². The first-order chi connectivity index (χ1) is 19.4. The molecular weight excluding hydrogens is 530 g/mol. The van der Waals surface area contributed by atoms with Gasteiger partial charge >= 0.3 is 0 Å². The number of aromatic nitrogens is 4. The topological polar surface area (TPSA) is 91.6 Å². The molecule has 2 aromatic carbocycles. The lowest BCUT2D eigenvalue weighted by Gasteiger charge is -2.25. The van der Waals surface area contributed by atoms with E-state index in [1.165, 1.54) is 0 Å². The summed E-state index contributed by atoms with van der Waals surface area (Å²) in [4.78, 5) is 11.3. The molecule has 10 heteroatoms. The standard InChI is InChI=1S/C30H32ClN5O4/c1-20-13-21(2)36(34-20)24(14-31)17-35(18-29-32-15-27(39-29)22-5-9-25(37-3)10-6-22)19-30-33-16-28(40-30)23-7-11-26(38-4)12-8-23/h5-13,15-16,24H,14,17-19H2,1-4H3. The summed E-state index contributed by atoms with van der Waals surface area (Å²) in [7, 11) is 3.29. The zero-order valence-electron chi connectivity index (χ0n) is 23.0. The molecule has 9 nitrogen and oxygen atoms in total. The van der Waals surface area contributed by atoms with Gasteiger partial charge in [-0.3, -0.25) is 9.58 Å². The van der Waals surface area contributed by atoms with Gasteiger partial charge in [-0.25, -0.2) is 9.97 Å². The van der Waals surface area contributed by atoms with Crippen molar-refractivity contribution in [3.05, 3.63) is 90.2 Å². The van der Waals surface area contributed by atoms with Gasteiger partial charge in [0.2, 0.25) is 11.8 Å². The fourth-order valence-corrected chi connectivity index (χ4v) is 4.85. The first-order valence-corrected chi connectivity index (χ1v) is 13.5. The Bertz CT molecular complexity index is 1440. The fraction of sp³-hybridized carbons (Fsp3) is 0.300. The average Bonchev–Trinajstić information content (AvgIpc) is 3.72. The Morgan fingerprint density at radius 1 is 0.825 bits per heavy atom. The number of rotatable bonds is 12. The minimum Gasteiger partial charge on any atom is -0.497 e. The molecule has 0 amide bonds. The molecule has 1 atom stereocenters. The highest BCUT2D eigenvalue weighted by molar-refractivity contribution is 6.18. The number of methoxy groups -OCH3 is 2. The molecule has 5 rings (SSSR count). The summed E-state index contributed by atoms with van der Waals surface area (Å²) in [5, 5.41) is 4.67. The monoisotopic (exact) mass is 561 g/mol. The normalized spacial score (nSPS) is 12.2. The van der Waals surface area contributed by atoms with Gasteiger partial charge < -0.3 is 18.3 Å². The van der Waals surface area contributed by atoms with Crippen molar-refractivity contribution in [2.24, 2.45) is 0 Å². The summed E-state index contributed by atoms with van der Waals surface area (Å²) in [5.74, 6) is 4.48. The van der Waals surface area contributed by atoms with Crippen LogP contribution in [0.1, 0.15) is 29.2 Å². The predicted molar refractivity (Wildman–Crippen MR) is 153 cm³/mol. The highest BCUT2D eigenvalue weighted by atomic mass is 35.5. The lowest BCUT2D eigenvalue weighted by atomic mass is 10.2. The van der Waals surface area contributed by atoms with Gasteiger partial charge in [0.05, 0.1) is 51.4 Å². The summed E-state index contributed by atoms with van der Waals surface area (Å²) in [6, 6.07) is 17.3. The van der Waals surface area contributed by atoms with E-state index in [1.54, 1.807) is 26.6 Å². The highest BCUT2D eigenvalue weighted by Crippen LogP contribution is 2.26. The van der Waals surface area contributed by atoms with E-state index >= 15 is 0 Å². The van der Waals surface area contributed by atoms with Crippen LogP contribution >= 0.6 is 11.6 Å². The molecule has 0 saturated carbocycles. The molecular formula is C30H32ClN5O4. The number of benzene rings is 2. The Hall–Kier alpha value is -4.08. The molecule has 5 aromatic rings. The van der Waals surface area contributed by atoms with Crippen LogP contribution in [0.5, 0.6) is 11.5 Å². The third kappa shape index (κ3) is 6.38. The first-order valence-electron chi connectivity index (χ1n) is 12.9. The van der Waals surface area contributed by atoms with Crippen LogP contribution < -0.4 is 9.47 Å². The van der Waals surface area contributed by atoms with E-state index in [2.05, 4.69) is 20.0 Å². The van der Waals surface area contributed by atoms with Crippen LogP contribution in [0.15, 0.2) is 75.8 Å². The number of alkyl halides is 1. The number of hydrogen-bond donors (Lipinski definition) is 0. The zero-order chi connectivity index (χ0) is 28.1. The molecule has 0 N–H and O–H groups in total. The number of aryl methyl sites for hydroxylation is 2. The van der Waals surface area contributed by atoms with Crippen LogP contribution in [-0.4, -0.2) is 51.3 Å². The summed E-state index contributed by atoms with van der Waals surface area (Å²) in [6.07, 6.45) is 3.48. The number of nitrogens with zero attached hydrogens (tertiary/aromatic N) is 5. The van der Waals surface area contributed by atoms with Crippen LogP contribution in [0.3, 0.4) is 0 Å². The Morgan fingerprint density at radius 3 is 1.73 bits per heavy atom. The van der Waals surface area contributed by atoms with E-state index < -0.39 is 0 Å². The van der Waals surface area contributed by atoms with Crippen LogP contribution in [-0.2, 0) is 13.1 Å². The van der Waals surface area contributed by atoms with Crippen molar-refractivity contribution in [3.8, 4) is 34.1 Å². The van der Waals surface area contributed by atoms with E-state index in [0.717, 1.165) is 34.0 Å². The number of hydrogen-bond acceptors (Lipinski definition) is 8. The molecule has 0 fully saturated rings. The minimum absolute atomic E-state index is 0.0672. The molecule has 0 aliphatic rings. The lowest BCUT2D eigenvalue weighted by Crippen LogP contribution is -2.32. The third-order valence-corrected chi connectivity index (χ3v) is 6.97. The van der Waals surface area contributed by atoms with Gasteiger partial charge in [0.15, 0.2) is 11.5 Å². The van der Waals surface area contributed by atoms with Gasteiger partial charge in [0.25, 0.3) is 0 Å². The van der Waals surface area contributed by atoms with E-state index in [4.69, 9.17) is 29.9 Å². The van der Waals surface area contributed by atoms with Gasteiger partial charge in [-0.15, -0.1) is 11.6 Å². The van der Waals surface area contributed by atoms with Gasteiger partial charge in [0.1, 0.15) is 11.5 Å². The summed E-state index contributed by atoms with van der Waals surface area (Å²) in [6.45, 7) is 5.47. The maximum Gasteiger partial charge on any atom is 0.209 e. The van der Waals surface area contributed by atoms with Crippen molar-refractivity contribution in [2.75, 3.05) is 26.6 Å². The molecule has 0 radical (unpaired) electrons. The molecule has 0 spiro atoms. The van der Waals surface area contributed by atoms with Crippen molar-refractivity contribution in [3.63, 3.8) is 0 Å². The van der Waals surface area contributed by atoms with Crippen molar-refractivity contribution in [2.45, 2.75) is 33.0 Å². The van der Waals surface area contributed by atoms with Gasteiger partial charge in [0, 0.05) is 29.2 Å². The summed E-state index contributed by atoms with van der Waals surface area (Å²) in [5.41, 5.74) is 3.85. The molecule has 0 saturated heterocycles. The largest absolute Gasteiger partial charge is 0.497 e. The smallest absolute Gasteiger partial charge is 0.209 e. The van der Waals surface area contributed by atoms with Crippen molar-refractivity contribution in [1.82, 2.24) is 24.6 Å². The summed E-state index contributed by atoms with van der Waals surface area (Å²) < 4.78 is 24.8. The molecule has 3 aromatic heterocycles. The molecule has 40 heavy (non-hydrogen) atoms. The van der Waals surface area contributed by atoms with Gasteiger partial charge in [-0.1, -0.05) is 0 Å². The fourth-order valence-electron chi connectivity index (χ4n) is 4.62. The minimum atomic E-state index is -0.0672. The van der Waals surface area contributed by atoms with E-state index in [1.807, 2.05) is 73.1 Å². The maximum absolute atomic E-state index is 6.46. The third-order valence-electron chi connectivity index (χ3n) is 6.61. The number of halogens is 1. The molecule has 3 heterocycles. The Labute approximate surface area is 238 Å². The second kappa shape index (κ2) is 12.4. The molecule has 0 aliphatic heterocycles. The zero-order valence-corrected chi connectivity index (χ0v) is 23.8. The second-order valence-electron chi connectivity index (χ2n) is 9.54. The number of oxazole rings is 2. The first kappa shape index (κ1) is 27.5. The molecule has 0 bridgehead atoms. The summed E-state index contributed by atoms with van der Waals surface area (Å²) >= 11 is 6.46. The van der Waals surface area contributed by atoms with Crippen molar-refractivity contribution >= 4 is 11.6 Å². The Balaban J connectivity index is 1.37. The van der Waals surface area contributed by atoms with Crippen molar-refractivity contribution < 1.29 is 18.3 Å². The van der Waals surface area contributed by atoms with E-state index in [9.17, 15) is 0 Å². The van der Waals surface area contributed by atoms with Crippen LogP contribution in [0.25, 0.3) is 22.6 Å². The second-order valence-corrected chi connectivity index (χ2v) is 9.85. The number of ether oxygens (including phenoxy) is 2. The average molecular weight is 562 g/mol. The van der Waals surface area contributed by atoms with Crippen molar-refractivity contribution in [1.29, 1.82) is 0 Å². The Kier molecular flexibility index (Phi) is 8.52. The SMILES string of the molecule is COc1ccc(-c2cnc(CN(Cc3ncc(-c4ccc(OC)cc4)o3)CC(CCl)n3nc(C)cc3C)o2)cc1. The van der Waals surface area contributed by atoms with E-state index in [0.29, 0.717) is 48.8 Å². The van der Waals surface area contributed by atoms with Gasteiger partial charge in [-0.05, 0) is 68.4 Å². The quantitative estimate of drug-likeness (QED) is 0.164. The molecule has 0 aliphatic carbocycles. The molecule has 1 unspecified atom stereocenters. The maximum atomic E-state index is 6.46. The van der Waals surface area contributed by atoms with Crippen LogP contribution in [0.2, 0.25) is 0 Å². The highest BCUT2D eigenvalue weighted by Gasteiger charge is 2.22. The van der Waals surface area contributed by atoms with E-state index in [-0.39, 0.29) is 6.04 Å². The lowest BCUT2D eigenvalue weighted by molar-refractivity contribution is 0.182. The molecule has 208 valence electrons. The predicted octanol–water partition coefficient (Wildman–Crippen LogP) is 6.31. The van der Waals surface area contributed by atoms with Gasteiger partial charge in [-0.2, -0.15) is 5.10 Å². The Morgan fingerprint density at radius 2 is 1.32 bits per heavy atom.